The van der Waals surface area contributed by atoms with Gasteiger partial charge in [0, 0.05) is 39.0 Å². The summed E-state index contributed by atoms with van der Waals surface area (Å²) in [4.78, 5) is 10.8. The molecule has 0 aliphatic rings. The Bertz CT molecular complexity index is 218. The molecule has 0 aliphatic heterocycles. The average molecular weight is 281 g/mol. The van der Waals surface area contributed by atoms with Crippen LogP contribution >= 0.6 is 11.8 Å². The van der Waals surface area contributed by atoms with Crippen LogP contribution in [-0.4, -0.2) is 47.5 Å². The molecule has 1 unspecified atom stereocenters. The molecule has 1 amide bonds. The lowest BCUT2D eigenvalue weighted by Gasteiger charge is -2.24. The van der Waals surface area contributed by atoms with Gasteiger partial charge >= 0.3 is 8.80 Å². The maximum absolute atomic E-state index is 10.8. The highest BCUT2D eigenvalue weighted by atomic mass is 32.2. The van der Waals surface area contributed by atoms with Gasteiger partial charge in [0.1, 0.15) is 0 Å². The highest BCUT2D eigenvalue weighted by molar-refractivity contribution is 7.99. The van der Waals surface area contributed by atoms with Crippen LogP contribution in [0.3, 0.4) is 0 Å². The van der Waals surface area contributed by atoms with E-state index in [-0.39, 0.29) is 11.8 Å². The number of amides is 1. The van der Waals surface area contributed by atoms with Gasteiger partial charge in [-0.1, -0.05) is 6.92 Å². The standard InChI is InChI=1S/C10H23NO4SSi/c1-9(10(11)12)8-16-6-5-7-17(13-2,14-3)15-4/h9H,5-8H2,1-4H3,(H2,11,12). The van der Waals surface area contributed by atoms with Crippen molar-refractivity contribution in [2.24, 2.45) is 11.7 Å². The lowest BCUT2D eigenvalue weighted by molar-refractivity contribution is -0.120. The number of carbonyl (C=O) groups is 1. The van der Waals surface area contributed by atoms with Crippen LogP contribution in [0.4, 0.5) is 0 Å². The number of primary amides is 1. The summed E-state index contributed by atoms with van der Waals surface area (Å²) in [6.45, 7) is 1.84. The highest BCUT2D eigenvalue weighted by Crippen LogP contribution is 2.18. The molecular weight excluding hydrogens is 258 g/mol. The van der Waals surface area contributed by atoms with E-state index >= 15 is 0 Å². The zero-order valence-electron chi connectivity index (χ0n) is 11.0. The maximum Gasteiger partial charge on any atom is 0.500 e. The topological polar surface area (TPSA) is 70.8 Å². The quantitative estimate of drug-likeness (QED) is 0.480. The summed E-state index contributed by atoms with van der Waals surface area (Å²) in [6, 6.07) is 0.786. The lowest BCUT2D eigenvalue weighted by Crippen LogP contribution is -2.42. The number of thioether (sulfide) groups is 1. The van der Waals surface area contributed by atoms with Crippen LogP contribution in [0.1, 0.15) is 13.3 Å². The molecule has 0 aromatic heterocycles. The Kier molecular flexibility index (Phi) is 8.88. The number of carbonyl (C=O) groups excluding carboxylic acids is 1. The molecule has 0 heterocycles. The van der Waals surface area contributed by atoms with Crippen LogP contribution in [0.25, 0.3) is 0 Å². The van der Waals surface area contributed by atoms with Crippen LogP contribution in [-0.2, 0) is 18.1 Å². The van der Waals surface area contributed by atoms with Gasteiger partial charge in [0.2, 0.25) is 5.91 Å². The van der Waals surface area contributed by atoms with E-state index in [1.165, 1.54) is 0 Å². The van der Waals surface area contributed by atoms with Gasteiger partial charge in [0.15, 0.2) is 0 Å². The smallest absolute Gasteiger partial charge is 0.377 e. The fourth-order valence-electron chi connectivity index (χ4n) is 1.29. The molecule has 0 spiro atoms. The molecule has 0 aromatic carbocycles. The molecule has 102 valence electrons. The van der Waals surface area contributed by atoms with Gasteiger partial charge in [-0.15, -0.1) is 0 Å². The number of hydrogen-bond acceptors (Lipinski definition) is 5. The molecular formula is C10H23NO4SSi. The Balaban J connectivity index is 3.73. The second-order valence-electron chi connectivity index (χ2n) is 3.78. The molecule has 2 N–H and O–H groups in total. The van der Waals surface area contributed by atoms with Gasteiger partial charge in [-0.3, -0.25) is 4.79 Å². The van der Waals surface area contributed by atoms with Gasteiger partial charge in [0.25, 0.3) is 0 Å². The van der Waals surface area contributed by atoms with Crippen molar-refractivity contribution in [1.29, 1.82) is 0 Å². The van der Waals surface area contributed by atoms with Crippen LogP contribution in [0.15, 0.2) is 0 Å². The van der Waals surface area contributed by atoms with E-state index < -0.39 is 8.80 Å². The minimum Gasteiger partial charge on any atom is -0.377 e. The van der Waals surface area contributed by atoms with E-state index in [9.17, 15) is 4.79 Å². The van der Waals surface area contributed by atoms with Crippen LogP contribution in [0.2, 0.25) is 6.04 Å². The third kappa shape index (κ3) is 6.42. The van der Waals surface area contributed by atoms with Crippen LogP contribution in [0.5, 0.6) is 0 Å². The Morgan fingerprint density at radius 3 is 2.24 bits per heavy atom. The van der Waals surface area contributed by atoms with Gasteiger partial charge in [0.05, 0.1) is 0 Å². The molecule has 0 aliphatic carbocycles. The van der Waals surface area contributed by atoms with Crippen molar-refractivity contribution < 1.29 is 18.1 Å². The first-order valence-corrected chi connectivity index (χ1v) is 8.62. The second-order valence-corrected chi connectivity index (χ2v) is 8.02. The van der Waals surface area contributed by atoms with E-state index in [1.54, 1.807) is 33.1 Å². The van der Waals surface area contributed by atoms with E-state index in [4.69, 9.17) is 19.0 Å². The largest absolute Gasteiger partial charge is 0.500 e. The zero-order valence-corrected chi connectivity index (χ0v) is 12.8. The summed E-state index contributed by atoms with van der Waals surface area (Å²) < 4.78 is 15.9. The van der Waals surface area contributed by atoms with Crippen LogP contribution in [0, 0.1) is 5.92 Å². The molecule has 17 heavy (non-hydrogen) atoms. The minimum atomic E-state index is -2.42. The van der Waals surface area contributed by atoms with Crippen molar-refractivity contribution in [2.75, 3.05) is 32.8 Å². The third-order valence-corrected chi connectivity index (χ3v) is 6.70. The molecule has 0 radical (unpaired) electrons. The Hall–Kier alpha value is -0.0831. The summed E-state index contributed by atoms with van der Waals surface area (Å²) in [6.07, 6.45) is 0.942. The summed E-state index contributed by atoms with van der Waals surface area (Å²) in [5.41, 5.74) is 5.18. The Labute approximate surface area is 109 Å². The number of nitrogens with two attached hydrogens (primary N) is 1. The molecule has 0 fully saturated rings. The fraction of sp³-hybridized carbons (Fsp3) is 0.900. The molecule has 0 bridgehead atoms. The van der Waals surface area contributed by atoms with Crippen molar-refractivity contribution >= 4 is 26.5 Å². The van der Waals surface area contributed by atoms with Gasteiger partial charge in [-0.25, -0.2) is 0 Å². The van der Waals surface area contributed by atoms with E-state index in [2.05, 4.69) is 0 Å². The SMILES string of the molecule is CO[Si](CCCSCC(C)C(N)=O)(OC)OC. The molecule has 0 rings (SSSR count). The number of rotatable bonds is 10. The highest BCUT2D eigenvalue weighted by Gasteiger charge is 2.36. The summed E-state index contributed by atoms with van der Waals surface area (Å²) in [5, 5.41) is 0. The van der Waals surface area contributed by atoms with Crippen molar-refractivity contribution in [2.45, 2.75) is 19.4 Å². The minimum absolute atomic E-state index is 0.0747. The van der Waals surface area contributed by atoms with Crippen molar-refractivity contribution in [3.63, 3.8) is 0 Å². The summed E-state index contributed by atoms with van der Waals surface area (Å²) in [5.74, 6) is 1.39. The van der Waals surface area contributed by atoms with E-state index in [1.807, 2.05) is 6.92 Å². The van der Waals surface area contributed by atoms with Gasteiger partial charge in [-0.05, 0) is 12.2 Å². The maximum atomic E-state index is 10.8. The Morgan fingerprint density at radius 2 is 1.82 bits per heavy atom. The molecule has 5 nitrogen and oxygen atoms in total. The monoisotopic (exact) mass is 281 g/mol. The lowest BCUT2D eigenvalue weighted by atomic mass is 10.2. The van der Waals surface area contributed by atoms with Crippen LogP contribution < -0.4 is 5.73 Å². The predicted molar refractivity (Wildman–Crippen MR) is 71.9 cm³/mol. The molecule has 0 saturated carbocycles. The van der Waals surface area contributed by atoms with E-state index in [0.29, 0.717) is 0 Å². The normalized spacial score (nSPS) is 13.6. The van der Waals surface area contributed by atoms with Gasteiger partial charge < -0.3 is 19.0 Å². The molecule has 0 aromatic rings. The first-order valence-electron chi connectivity index (χ1n) is 5.54. The first kappa shape index (κ1) is 16.9. The van der Waals surface area contributed by atoms with E-state index in [0.717, 1.165) is 24.0 Å². The summed E-state index contributed by atoms with van der Waals surface area (Å²) in [7, 11) is 2.42. The molecule has 7 heteroatoms. The molecule has 1 atom stereocenters. The third-order valence-electron chi connectivity index (χ3n) is 2.56. The first-order chi connectivity index (χ1) is 8.01. The van der Waals surface area contributed by atoms with Crippen molar-refractivity contribution in [3.8, 4) is 0 Å². The van der Waals surface area contributed by atoms with Crippen molar-refractivity contribution in [3.05, 3.63) is 0 Å². The Morgan fingerprint density at radius 1 is 1.29 bits per heavy atom. The second kappa shape index (κ2) is 8.93. The average Bonchev–Trinajstić information content (AvgIpc) is 2.34. The summed E-state index contributed by atoms with van der Waals surface area (Å²) >= 11 is 1.72. The number of hydrogen-bond donors (Lipinski definition) is 1. The predicted octanol–water partition coefficient (Wildman–Crippen LogP) is 1.11. The zero-order chi connectivity index (χ0) is 13.3. The molecule has 0 saturated heterocycles. The van der Waals surface area contributed by atoms with Gasteiger partial charge in [-0.2, -0.15) is 11.8 Å². The fourth-order valence-corrected chi connectivity index (χ4v) is 4.30. The van der Waals surface area contributed by atoms with Crippen molar-refractivity contribution in [1.82, 2.24) is 0 Å².